The smallest absolute Gasteiger partial charge is 0.320 e. The van der Waals surface area contributed by atoms with Gasteiger partial charge >= 0.3 is 6.03 Å². The van der Waals surface area contributed by atoms with E-state index in [1.54, 1.807) is 78.9 Å². The van der Waals surface area contributed by atoms with Crippen molar-refractivity contribution in [3.63, 3.8) is 0 Å². The Hall–Kier alpha value is -3.56. The Morgan fingerprint density at radius 2 is 1.62 bits per heavy atom. The van der Waals surface area contributed by atoms with Gasteiger partial charge in [0.2, 0.25) is 10.0 Å². The second kappa shape index (κ2) is 9.74. The van der Waals surface area contributed by atoms with Crippen molar-refractivity contribution in [3.8, 4) is 0 Å². The predicted octanol–water partition coefficient (Wildman–Crippen LogP) is 4.15. The van der Waals surface area contributed by atoms with Crippen molar-refractivity contribution < 1.29 is 18.0 Å². The number of amides is 3. The van der Waals surface area contributed by atoms with Crippen LogP contribution in [-0.2, 0) is 14.8 Å². The van der Waals surface area contributed by atoms with Crippen LogP contribution < -0.4 is 20.3 Å². The molecule has 0 aliphatic carbocycles. The number of nitrogens with zero attached hydrogens (tertiary/aromatic N) is 2. The number of halogens is 1. The van der Waals surface area contributed by atoms with E-state index in [1.165, 1.54) is 9.21 Å². The summed E-state index contributed by atoms with van der Waals surface area (Å²) in [5.41, 5.74) is 7.67. The van der Waals surface area contributed by atoms with Gasteiger partial charge in [-0.2, -0.15) is 0 Å². The molecule has 1 atom stereocenters. The molecule has 4 rings (SSSR count). The van der Waals surface area contributed by atoms with Crippen molar-refractivity contribution in [2.75, 3.05) is 26.8 Å². The van der Waals surface area contributed by atoms with Gasteiger partial charge in [-0.25, -0.2) is 13.2 Å². The normalized spacial score (nSPS) is 15.5. The summed E-state index contributed by atoms with van der Waals surface area (Å²) in [5.74, 6) is -0.362. The van der Waals surface area contributed by atoms with Crippen LogP contribution in [0.4, 0.5) is 21.9 Å². The van der Waals surface area contributed by atoms with E-state index in [-0.39, 0.29) is 5.75 Å². The number of urea groups is 1. The lowest BCUT2D eigenvalue weighted by Gasteiger charge is -2.30. The number of nitrogens with two attached hydrogens (primary N) is 1. The fourth-order valence-corrected chi connectivity index (χ4v) is 5.60. The summed E-state index contributed by atoms with van der Waals surface area (Å²) in [7, 11) is -3.30. The molecule has 3 aromatic rings. The highest BCUT2D eigenvalue weighted by Gasteiger charge is 2.32. The van der Waals surface area contributed by atoms with E-state index in [9.17, 15) is 18.0 Å². The van der Waals surface area contributed by atoms with E-state index in [4.69, 9.17) is 17.3 Å². The zero-order chi connectivity index (χ0) is 24.3. The van der Waals surface area contributed by atoms with E-state index in [1.807, 2.05) is 0 Å². The van der Waals surface area contributed by atoms with Gasteiger partial charge in [-0.15, -0.1) is 0 Å². The highest BCUT2D eigenvalue weighted by atomic mass is 35.5. The lowest BCUT2D eigenvalue weighted by molar-refractivity contribution is -0.117. The van der Waals surface area contributed by atoms with Gasteiger partial charge in [-0.05, 0) is 60.5 Å². The monoisotopic (exact) mass is 498 g/mol. The maximum atomic E-state index is 13.5. The number of benzene rings is 3. The summed E-state index contributed by atoms with van der Waals surface area (Å²) in [4.78, 5) is 27.1. The standard InChI is InChI=1S/C24H23ClN4O4S/c25-18-7-11-21(12-8-18)29(24(26)31)22(17-5-2-1-3-6-17)23(30)27-19-9-13-20(14-10-19)28-15-4-16-34(28,32)33/h1-3,5-14,22H,4,15-16H2,(H2,26,31)(H,27,30)/t22-/m1/s1. The highest BCUT2D eigenvalue weighted by Crippen LogP contribution is 2.30. The lowest BCUT2D eigenvalue weighted by Crippen LogP contribution is -2.44. The van der Waals surface area contributed by atoms with Gasteiger partial charge in [-0.3, -0.25) is 14.0 Å². The molecule has 1 aliphatic rings. The van der Waals surface area contributed by atoms with E-state index in [2.05, 4.69) is 5.32 Å². The van der Waals surface area contributed by atoms with Crippen molar-refractivity contribution in [2.24, 2.45) is 5.73 Å². The number of sulfonamides is 1. The predicted molar refractivity (Wildman–Crippen MR) is 134 cm³/mol. The molecule has 0 unspecified atom stereocenters. The molecule has 1 fully saturated rings. The molecule has 10 heteroatoms. The van der Waals surface area contributed by atoms with E-state index >= 15 is 0 Å². The zero-order valence-corrected chi connectivity index (χ0v) is 19.7. The Balaban J connectivity index is 1.64. The van der Waals surface area contributed by atoms with Crippen LogP contribution in [0, 0.1) is 0 Å². The van der Waals surface area contributed by atoms with Crippen LogP contribution in [0.3, 0.4) is 0 Å². The average molecular weight is 499 g/mol. The van der Waals surface area contributed by atoms with Crippen molar-refractivity contribution in [1.82, 2.24) is 0 Å². The SMILES string of the molecule is NC(=O)N(c1ccc(Cl)cc1)[C@@H](C(=O)Nc1ccc(N2CCCS2(=O)=O)cc1)c1ccccc1. The quantitative estimate of drug-likeness (QED) is 0.531. The number of carbonyl (C=O) groups is 2. The molecule has 0 radical (unpaired) electrons. The summed E-state index contributed by atoms with van der Waals surface area (Å²) in [6.45, 7) is 0.429. The molecule has 3 amide bonds. The van der Waals surface area contributed by atoms with Crippen LogP contribution in [0.5, 0.6) is 0 Å². The Bertz CT molecular complexity index is 1280. The molecule has 1 saturated heterocycles. The number of hydrogen-bond acceptors (Lipinski definition) is 4. The van der Waals surface area contributed by atoms with Crippen molar-refractivity contribution in [3.05, 3.63) is 89.4 Å². The Morgan fingerprint density at radius 3 is 2.18 bits per heavy atom. The fraction of sp³-hybridized carbons (Fsp3) is 0.167. The van der Waals surface area contributed by atoms with Gasteiger partial charge < -0.3 is 11.1 Å². The molecule has 3 aromatic carbocycles. The van der Waals surface area contributed by atoms with Crippen LogP contribution in [0.1, 0.15) is 18.0 Å². The number of hydrogen-bond donors (Lipinski definition) is 2. The van der Waals surface area contributed by atoms with Crippen molar-refractivity contribution in [1.29, 1.82) is 0 Å². The van der Waals surface area contributed by atoms with Gasteiger partial charge in [0.15, 0.2) is 0 Å². The largest absolute Gasteiger partial charge is 0.351 e. The van der Waals surface area contributed by atoms with Gasteiger partial charge in [0.1, 0.15) is 6.04 Å². The number of carbonyl (C=O) groups excluding carboxylic acids is 2. The van der Waals surface area contributed by atoms with E-state index < -0.39 is 28.0 Å². The summed E-state index contributed by atoms with van der Waals surface area (Å²) in [5, 5.41) is 3.29. The number of anilines is 3. The molecular weight excluding hydrogens is 476 g/mol. The summed E-state index contributed by atoms with van der Waals surface area (Å²) in [6, 6.07) is 19.9. The Kier molecular flexibility index (Phi) is 6.76. The van der Waals surface area contributed by atoms with E-state index in [0.717, 1.165) is 0 Å². The Morgan fingerprint density at radius 1 is 0.971 bits per heavy atom. The summed E-state index contributed by atoms with van der Waals surface area (Å²) in [6.07, 6.45) is 0.577. The van der Waals surface area contributed by atoms with E-state index in [0.29, 0.717) is 40.6 Å². The molecule has 1 aliphatic heterocycles. The first-order valence-corrected chi connectivity index (χ1v) is 12.6. The molecule has 3 N–H and O–H groups in total. The first-order chi connectivity index (χ1) is 16.3. The number of primary amides is 1. The van der Waals surface area contributed by atoms with Gasteiger partial charge in [0.05, 0.1) is 11.4 Å². The maximum absolute atomic E-state index is 13.5. The third kappa shape index (κ3) is 5.00. The molecule has 176 valence electrons. The van der Waals surface area contributed by atoms with Gasteiger partial charge in [0.25, 0.3) is 5.91 Å². The minimum Gasteiger partial charge on any atom is -0.351 e. The Labute approximate surface area is 203 Å². The summed E-state index contributed by atoms with van der Waals surface area (Å²) >= 11 is 5.98. The molecule has 0 spiro atoms. The molecule has 8 nitrogen and oxygen atoms in total. The highest BCUT2D eigenvalue weighted by molar-refractivity contribution is 7.93. The average Bonchev–Trinajstić information content (AvgIpc) is 3.18. The van der Waals surface area contributed by atoms with Crippen LogP contribution in [-0.4, -0.2) is 32.7 Å². The molecule has 0 saturated carbocycles. The second-order valence-electron chi connectivity index (χ2n) is 7.78. The number of rotatable bonds is 6. The van der Waals surface area contributed by atoms with Crippen LogP contribution in [0.25, 0.3) is 0 Å². The minimum absolute atomic E-state index is 0.123. The maximum Gasteiger partial charge on any atom is 0.320 e. The molecule has 34 heavy (non-hydrogen) atoms. The van der Waals surface area contributed by atoms with Crippen LogP contribution in [0.15, 0.2) is 78.9 Å². The van der Waals surface area contributed by atoms with Gasteiger partial charge in [0, 0.05) is 22.9 Å². The molecule has 1 heterocycles. The van der Waals surface area contributed by atoms with Crippen molar-refractivity contribution >= 4 is 50.6 Å². The lowest BCUT2D eigenvalue weighted by atomic mass is 10.0. The minimum atomic E-state index is -3.30. The molecule has 0 aromatic heterocycles. The molecule has 0 bridgehead atoms. The third-order valence-corrected chi connectivity index (χ3v) is 7.61. The second-order valence-corrected chi connectivity index (χ2v) is 10.2. The fourth-order valence-electron chi connectivity index (χ4n) is 3.91. The third-order valence-electron chi connectivity index (χ3n) is 5.49. The summed E-state index contributed by atoms with van der Waals surface area (Å²) < 4.78 is 25.7. The molecular formula is C24H23ClN4O4S. The first-order valence-electron chi connectivity index (χ1n) is 10.6. The van der Waals surface area contributed by atoms with Crippen LogP contribution in [0.2, 0.25) is 5.02 Å². The van der Waals surface area contributed by atoms with Crippen molar-refractivity contribution in [2.45, 2.75) is 12.5 Å². The zero-order valence-electron chi connectivity index (χ0n) is 18.1. The topological polar surface area (TPSA) is 113 Å². The van der Waals surface area contributed by atoms with Crippen LogP contribution >= 0.6 is 11.6 Å². The number of nitrogens with one attached hydrogen (secondary N) is 1. The first kappa shape index (κ1) is 23.6. The van der Waals surface area contributed by atoms with Gasteiger partial charge in [-0.1, -0.05) is 41.9 Å².